The summed E-state index contributed by atoms with van der Waals surface area (Å²) >= 11 is 3.40. The van der Waals surface area contributed by atoms with Crippen LogP contribution in [0.2, 0.25) is 0 Å². The van der Waals surface area contributed by atoms with Gasteiger partial charge in [0.15, 0.2) is 0 Å². The summed E-state index contributed by atoms with van der Waals surface area (Å²) in [6.45, 7) is 2.01. The van der Waals surface area contributed by atoms with E-state index in [1.807, 2.05) is 72.5 Å². The minimum atomic E-state index is -0.293. The summed E-state index contributed by atoms with van der Waals surface area (Å²) in [5.41, 5.74) is 3.64. The van der Waals surface area contributed by atoms with Crippen LogP contribution in [-0.2, 0) is 0 Å². The predicted octanol–water partition coefficient (Wildman–Crippen LogP) is 4.92. The molecule has 1 amide bonds. The molecule has 2 aromatic carbocycles. The first kappa shape index (κ1) is 15.8. The van der Waals surface area contributed by atoms with Crippen molar-refractivity contribution >= 4 is 33.3 Å². The van der Waals surface area contributed by atoms with Gasteiger partial charge < -0.3 is 5.32 Å². The summed E-state index contributed by atoms with van der Waals surface area (Å²) in [6.07, 6.45) is 1.45. The lowest BCUT2D eigenvalue weighted by Crippen LogP contribution is -2.33. The number of aryl methyl sites for hydroxylation is 1. The number of nitrogens with one attached hydrogen (secondary N) is 1. The SMILES string of the molecule is Cc1ccccc1N1C(=O)c2ccccc2[C@H]1Nc1ccc(Br)cn1. The van der Waals surface area contributed by atoms with E-state index >= 15 is 0 Å². The lowest BCUT2D eigenvalue weighted by atomic mass is 10.1. The maximum absolute atomic E-state index is 13.1. The third-order valence-electron chi connectivity index (χ3n) is 4.35. The monoisotopic (exact) mass is 393 g/mol. The number of para-hydroxylation sites is 1. The van der Waals surface area contributed by atoms with Crippen molar-refractivity contribution in [1.82, 2.24) is 4.98 Å². The fraction of sp³-hybridized carbons (Fsp3) is 0.100. The fourth-order valence-electron chi connectivity index (χ4n) is 3.14. The molecule has 4 rings (SSSR count). The van der Waals surface area contributed by atoms with E-state index in [1.54, 1.807) is 6.20 Å². The topological polar surface area (TPSA) is 45.2 Å². The smallest absolute Gasteiger partial charge is 0.260 e. The zero-order valence-electron chi connectivity index (χ0n) is 13.6. The van der Waals surface area contributed by atoms with Crippen molar-refractivity contribution in [1.29, 1.82) is 0 Å². The fourth-order valence-corrected chi connectivity index (χ4v) is 3.38. The van der Waals surface area contributed by atoms with Crippen LogP contribution in [0, 0.1) is 6.92 Å². The molecule has 0 aliphatic carbocycles. The van der Waals surface area contributed by atoms with Gasteiger partial charge in [0.1, 0.15) is 12.0 Å². The standard InChI is InChI=1S/C20H16BrN3O/c1-13-6-2-5-9-17(13)24-19(23-18-11-10-14(21)12-22-18)15-7-3-4-8-16(15)20(24)25/h2-12,19H,1H3,(H,22,23)/t19-/m0/s1. The van der Waals surface area contributed by atoms with Crippen molar-refractivity contribution in [2.75, 3.05) is 10.2 Å². The van der Waals surface area contributed by atoms with Gasteiger partial charge in [-0.1, -0.05) is 36.4 Å². The molecule has 0 unspecified atom stereocenters. The first-order chi connectivity index (χ1) is 12.1. The van der Waals surface area contributed by atoms with Crippen LogP contribution < -0.4 is 10.2 Å². The van der Waals surface area contributed by atoms with E-state index in [0.717, 1.165) is 32.7 Å². The minimum absolute atomic E-state index is 0.000452. The van der Waals surface area contributed by atoms with E-state index in [4.69, 9.17) is 0 Å². The molecule has 1 atom stereocenters. The predicted molar refractivity (Wildman–Crippen MR) is 103 cm³/mol. The van der Waals surface area contributed by atoms with Crippen LogP contribution >= 0.6 is 15.9 Å². The quantitative estimate of drug-likeness (QED) is 0.686. The maximum Gasteiger partial charge on any atom is 0.260 e. The van der Waals surface area contributed by atoms with Gasteiger partial charge in [-0.3, -0.25) is 9.69 Å². The van der Waals surface area contributed by atoms with Crippen LogP contribution in [0.5, 0.6) is 0 Å². The van der Waals surface area contributed by atoms with E-state index in [-0.39, 0.29) is 12.1 Å². The Morgan fingerprint density at radius 1 is 1.04 bits per heavy atom. The normalized spacial score (nSPS) is 16.0. The van der Waals surface area contributed by atoms with Gasteiger partial charge in [0.2, 0.25) is 0 Å². The van der Waals surface area contributed by atoms with Crippen LogP contribution in [0.15, 0.2) is 71.3 Å². The highest BCUT2D eigenvalue weighted by atomic mass is 79.9. The molecule has 1 N–H and O–H groups in total. The summed E-state index contributed by atoms with van der Waals surface area (Å²) in [5.74, 6) is 0.718. The number of halogens is 1. The van der Waals surface area contributed by atoms with Crippen molar-refractivity contribution in [2.45, 2.75) is 13.1 Å². The molecule has 1 aliphatic rings. The van der Waals surface area contributed by atoms with Gasteiger partial charge in [0, 0.05) is 27.5 Å². The molecule has 3 aromatic rings. The van der Waals surface area contributed by atoms with Gasteiger partial charge >= 0.3 is 0 Å². The van der Waals surface area contributed by atoms with Crippen LogP contribution in [0.25, 0.3) is 0 Å². The van der Waals surface area contributed by atoms with Crippen LogP contribution in [0.4, 0.5) is 11.5 Å². The maximum atomic E-state index is 13.1. The molecule has 0 saturated heterocycles. The number of nitrogens with zero attached hydrogens (tertiary/aromatic N) is 2. The lowest BCUT2D eigenvalue weighted by molar-refractivity contribution is 0.0993. The number of hydrogen-bond acceptors (Lipinski definition) is 3. The number of amides is 1. The molecule has 1 aliphatic heterocycles. The zero-order valence-corrected chi connectivity index (χ0v) is 15.2. The highest BCUT2D eigenvalue weighted by Gasteiger charge is 2.38. The molecule has 4 nitrogen and oxygen atoms in total. The first-order valence-corrected chi connectivity index (χ1v) is 8.80. The third kappa shape index (κ3) is 2.81. The molecular formula is C20H16BrN3O. The van der Waals surface area contributed by atoms with Gasteiger partial charge in [-0.15, -0.1) is 0 Å². The molecule has 0 saturated carbocycles. The number of pyridine rings is 1. The van der Waals surface area contributed by atoms with E-state index in [9.17, 15) is 4.79 Å². The van der Waals surface area contributed by atoms with Crippen molar-refractivity contribution in [2.24, 2.45) is 0 Å². The van der Waals surface area contributed by atoms with Crippen molar-refractivity contribution < 1.29 is 4.79 Å². The van der Waals surface area contributed by atoms with Crippen molar-refractivity contribution in [3.05, 3.63) is 88.0 Å². The van der Waals surface area contributed by atoms with E-state index in [1.165, 1.54) is 0 Å². The Hall–Kier alpha value is -2.66. The van der Waals surface area contributed by atoms with Gasteiger partial charge in [-0.25, -0.2) is 4.98 Å². The number of carbonyl (C=O) groups is 1. The lowest BCUT2D eigenvalue weighted by Gasteiger charge is -2.28. The van der Waals surface area contributed by atoms with Crippen LogP contribution in [-0.4, -0.2) is 10.9 Å². The van der Waals surface area contributed by atoms with E-state index in [2.05, 4.69) is 26.2 Å². The number of aromatic nitrogens is 1. The molecule has 25 heavy (non-hydrogen) atoms. The molecule has 2 heterocycles. The second-order valence-electron chi connectivity index (χ2n) is 5.96. The Morgan fingerprint density at radius 2 is 1.80 bits per heavy atom. The molecule has 0 fully saturated rings. The molecule has 0 spiro atoms. The molecular weight excluding hydrogens is 378 g/mol. The summed E-state index contributed by atoms with van der Waals surface area (Å²) in [4.78, 5) is 19.3. The first-order valence-electron chi connectivity index (χ1n) is 8.01. The van der Waals surface area contributed by atoms with Crippen LogP contribution in [0.1, 0.15) is 27.7 Å². The molecule has 124 valence electrons. The minimum Gasteiger partial charge on any atom is -0.346 e. The van der Waals surface area contributed by atoms with E-state index < -0.39 is 0 Å². The van der Waals surface area contributed by atoms with Gasteiger partial charge in [0.25, 0.3) is 5.91 Å². The molecule has 0 radical (unpaired) electrons. The number of benzene rings is 2. The second-order valence-corrected chi connectivity index (χ2v) is 6.87. The molecule has 5 heteroatoms. The number of anilines is 2. The van der Waals surface area contributed by atoms with Crippen molar-refractivity contribution in [3.8, 4) is 0 Å². The molecule has 0 bridgehead atoms. The van der Waals surface area contributed by atoms with Crippen LogP contribution in [0.3, 0.4) is 0 Å². The summed E-state index contributed by atoms with van der Waals surface area (Å²) in [5, 5.41) is 3.40. The van der Waals surface area contributed by atoms with Gasteiger partial charge in [-0.2, -0.15) is 0 Å². The summed E-state index contributed by atoms with van der Waals surface area (Å²) in [7, 11) is 0. The number of rotatable bonds is 3. The number of hydrogen-bond donors (Lipinski definition) is 1. The Balaban J connectivity index is 1.80. The average Bonchev–Trinajstić information content (AvgIpc) is 2.90. The largest absolute Gasteiger partial charge is 0.346 e. The number of fused-ring (bicyclic) bond motifs is 1. The van der Waals surface area contributed by atoms with E-state index in [0.29, 0.717) is 0 Å². The second kappa shape index (κ2) is 6.33. The van der Waals surface area contributed by atoms with Gasteiger partial charge in [0.05, 0.1) is 0 Å². The average molecular weight is 394 g/mol. The number of carbonyl (C=O) groups excluding carboxylic acids is 1. The highest BCUT2D eigenvalue weighted by molar-refractivity contribution is 9.10. The Kier molecular flexibility index (Phi) is 4.01. The Morgan fingerprint density at radius 3 is 2.56 bits per heavy atom. The van der Waals surface area contributed by atoms with Gasteiger partial charge in [-0.05, 0) is 52.7 Å². The van der Waals surface area contributed by atoms with Crippen molar-refractivity contribution in [3.63, 3.8) is 0 Å². The Labute approximate surface area is 154 Å². The summed E-state index contributed by atoms with van der Waals surface area (Å²) < 4.78 is 0.914. The third-order valence-corrected chi connectivity index (χ3v) is 4.82. The summed E-state index contributed by atoms with van der Waals surface area (Å²) in [6, 6.07) is 19.5. The zero-order chi connectivity index (χ0) is 17.4. The molecule has 1 aromatic heterocycles. The highest BCUT2D eigenvalue weighted by Crippen LogP contribution is 2.38. The Bertz CT molecular complexity index is 940.